The molecule has 0 aliphatic rings. The van der Waals surface area contributed by atoms with E-state index in [2.05, 4.69) is 22.3 Å². The van der Waals surface area contributed by atoms with Crippen LogP contribution in [0.3, 0.4) is 0 Å². The molecule has 102 valence electrons. The van der Waals surface area contributed by atoms with Gasteiger partial charge in [-0.25, -0.2) is 0 Å². The van der Waals surface area contributed by atoms with Gasteiger partial charge in [-0.05, 0) is 31.2 Å². The topological polar surface area (TPSA) is 75.4 Å². The first kappa shape index (κ1) is 13.8. The smallest absolute Gasteiger partial charge is 0.294 e. The van der Waals surface area contributed by atoms with E-state index in [0.29, 0.717) is 17.8 Å². The number of aliphatic hydroxyl groups is 1. The van der Waals surface area contributed by atoms with Crippen molar-refractivity contribution in [2.45, 2.75) is 13.3 Å². The Hall–Kier alpha value is -2.58. The van der Waals surface area contributed by atoms with Crippen LogP contribution in [0.15, 0.2) is 34.9 Å². The highest BCUT2D eigenvalue weighted by Crippen LogP contribution is 2.11. The molecule has 2 rings (SSSR count). The van der Waals surface area contributed by atoms with Crippen LogP contribution in [0, 0.1) is 18.8 Å². The zero-order valence-corrected chi connectivity index (χ0v) is 11.0. The van der Waals surface area contributed by atoms with Gasteiger partial charge in [0, 0.05) is 23.7 Å². The van der Waals surface area contributed by atoms with Crippen LogP contribution in [-0.4, -0.2) is 22.8 Å². The molecule has 0 unspecified atom stereocenters. The Balaban J connectivity index is 2.01. The number of nitrogens with zero attached hydrogens (tertiary/aromatic N) is 1. The SMILES string of the molecule is Cc1cc(C(=O)Nc2ccc(C#CCCO)cc2)on1. The number of amides is 1. The molecule has 0 saturated carbocycles. The molecule has 0 atom stereocenters. The van der Waals surface area contributed by atoms with Gasteiger partial charge in [0.15, 0.2) is 0 Å². The second-order valence-electron chi connectivity index (χ2n) is 4.14. The standard InChI is InChI=1S/C15H14N2O3/c1-11-10-14(20-17-11)15(19)16-13-7-5-12(6-8-13)4-2-3-9-18/h5-8,10,18H,3,9H2,1H3,(H,16,19). The van der Waals surface area contributed by atoms with E-state index < -0.39 is 0 Å². The molecule has 1 heterocycles. The number of carbonyl (C=O) groups excluding carboxylic acids is 1. The molecule has 5 heteroatoms. The Bertz CT molecular complexity index is 648. The quantitative estimate of drug-likeness (QED) is 0.836. The zero-order valence-electron chi connectivity index (χ0n) is 11.0. The maximum atomic E-state index is 11.8. The van der Waals surface area contributed by atoms with Crippen molar-refractivity contribution in [2.75, 3.05) is 11.9 Å². The molecule has 20 heavy (non-hydrogen) atoms. The monoisotopic (exact) mass is 270 g/mol. The number of hydrogen-bond acceptors (Lipinski definition) is 4. The van der Waals surface area contributed by atoms with Crippen molar-refractivity contribution in [3.8, 4) is 11.8 Å². The summed E-state index contributed by atoms with van der Waals surface area (Å²) < 4.78 is 4.88. The Labute approximate surface area is 116 Å². The van der Waals surface area contributed by atoms with Crippen LogP contribution in [0.5, 0.6) is 0 Å². The third kappa shape index (κ3) is 3.70. The molecule has 0 spiro atoms. The van der Waals surface area contributed by atoms with Gasteiger partial charge in [0.2, 0.25) is 5.76 Å². The van der Waals surface area contributed by atoms with Gasteiger partial charge in [0.05, 0.1) is 12.3 Å². The normalized spacial score (nSPS) is 9.70. The maximum Gasteiger partial charge on any atom is 0.294 e. The minimum atomic E-state index is -0.343. The lowest BCUT2D eigenvalue weighted by Crippen LogP contribution is -2.10. The van der Waals surface area contributed by atoms with Gasteiger partial charge in [-0.1, -0.05) is 17.0 Å². The number of anilines is 1. The van der Waals surface area contributed by atoms with Gasteiger partial charge < -0.3 is 14.9 Å². The summed E-state index contributed by atoms with van der Waals surface area (Å²) >= 11 is 0. The van der Waals surface area contributed by atoms with Crippen molar-refractivity contribution in [3.05, 3.63) is 47.3 Å². The van der Waals surface area contributed by atoms with Crippen LogP contribution < -0.4 is 5.32 Å². The number of carbonyl (C=O) groups is 1. The Morgan fingerprint density at radius 2 is 2.15 bits per heavy atom. The van der Waals surface area contributed by atoms with Crippen LogP contribution in [0.4, 0.5) is 5.69 Å². The summed E-state index contributed by atoms with van der Waals surface area (Å²) in [5.41, 5.74) is 2.13. The average Bonchev–Trinajstić information content (AvgIpc) is 2.88. The summed E-state index contributed by atoms with van der Waals surface area (Å²) in [5, 5.41) is 15.0. The predicted molar refractivity (Wildman–Crippen MR) is 74.2 cm³/mol. The fraction of sp³-hybridized carbons (Fsp3) is 0.200. The van der Waals surface area contributed by atoms with E-state index in [1.54, 1.807) is 37.3 Å². The largest absolute Gasteiger partial charge is 0.395 e. The summed E-state index contributed by atoms with van der Waals surface area (Å²) in [6.45, 7) is 1.80. The van der Waals surface area contributed by atoms with Gasteiger partial charge in [0.1, 0.15) is 0 Å². The molecule has 2 N–H and O–H groups in total. The van der Waals surface area contributed by atoms with Gasteiger partial charge in [-0.2, -0.15) is 0 Å². The van der Waals surface area contributed by atoms with Crippen molar-refractivity contribution in [1.29, 1.82) is 0 Å². The van der Waals surface area contributed by atoms with E-state index >= 15 is 0 Å². The summed E-state index contributed by atoms with van der Waals surface area (Å²) in [4.78, 5) is 11.8. The number of aryl methyl sites for hydroxylation is 1. The van der Waals surface area contributed by atoms with Gasteiger partial charge in [-0.15, -0.1) is 0 Å². The van der Waals surface area contributed by atoms with Crippen molar-refractivity contribution in [2.24, 2.45) is 0 Å². The molecular formula is C15H14N2O3. The van der Waals surface area contributed by atoms with E-state index in [4.69, 9.17) is 9.63 Å². The van der Waals surface area contributed by atoms with Crippen molar-refractivity contribution < 1.29 is 14.4 Å². The maximum absolute atomic E-state index is 11.8. The highest BCUT2D eigenvalue weighted by molar-refractivity contribution is 6.02. The molecule has 0 aliphatic heterocycles. The molecule has 1 aromatic carbocycles. The summed E-state index contributed by atoms with van der Waals surface area (Å²) in [5.74, 6) is 5.57. The van der Waals surface area contributed by atoms with E-state index in [0.717, 1.165) is 5.56 Å². The van der Waals surface area contributed by atoms with Gasteiger partial charge in [0.25, 0.3) is 5.91 Å². The third-order valence-corrected chi connectivity index (χ3v) is 2.46. The molecule has 0 fully saturated rings. The molecule has 1 aromatic heterocycles. The lowest BCUT2D eigenvalue weighted by molar-refractivity contribution is 0.0988. The lowest BCUT2D eigenvalue weighted by Gasteiger charge is -2.02. The highest BCUT2D eigenvalue weighted by atomic mass is 16.5. The second kappa shape index (κ2) is 6.55. The highest BCUT2D eigenvalue weighted by Gasteiger charge is 2.11. The minimum absolute atomic E-state index is 0.0533. The molecular weight excluding hydrogens is 256 g/mol. The van der Waals surface area contributed by atoms with E-state index in [1.165, 1.54) is 0 Å². The zero-order chi connectivity index (χ0) is 14.4. The average molecular weight is 270 g/mol. The predicted octanol–water partition coefficient (Wildman–Crippen LogP) is 1.97. The molecule has 0 saturated heterocycles. The van der Waals surface area contributed by atoms with Crippen LogP contribution >= 0.6 is 0 Å². The van der Waals surface area contributed by atoms with Crippen LogP contribution in [-0.2, 0) is 0 Å². The number of benzene rings is 1. The van der Waals surface area contributed by atoms with Crippen LogP contribution in [0.25, 0.3) is 0 Å². The summed E-state index contributed by atoms with van der Waals surface area (Å²) in [7, 11) is 0. The first-order valence-electron chi connectivity index (χ1n) is 6.13. The first-order chi connectivity index (χ1) is 9.69. The number of hydrogen-bond donors (Lipinski definition) is 2. The van der Waals surface area contributed by atoms with Crippen molar-refractivity contribution in [1.82, 2.24) is 5.16 Å². The summed E-state index contributed by atoms with van der Waals surface area (Å²) in [6, 6.07) is 8.68. The molecule has 5 nitrogen and oxygen atoms in total. The summed E-state index contributed by atoms with van der Waals surface area (Å²) in [6.07, 6.45) is 0.448. The molecule has 0 aliphatic carbocycles. The minimum Gasteiger partial charge on any atom is -0.395 e. The fourth-order valence-corrected chi connectivity index (χ4v) is 1.52. The molecule has 1 amide bonds. The van der Waals surface area contributed by atoms with Gasteiger partial charge in [-0.3, -0.25) is 4.79 Å². The van der Waals surface area contributed by atoms with E-state index in [9.17, 15) is 4.79 Å². The molecule has 0 radical (unpaired) electrons. The molecule has 2 aromatic rings. The fourth-order valence-electron chi connectivity index (χ4n) is 1.52. The Morgan fingerprint density at radius 1 is 1.40 bits per heavy atom. The molecule has 0 bridgehead atoms. The number of rotatable bonds is 3. The first-order valence-corrected chi connectivity index (χ1v) is 6.13. The number of aliphatic hydroxyl groups excluding tert-OH is 1. The van der Waals surface area contributed by atoms with Gasteiger partial charge >= 0.3 is 0 Å². The Kier molecular flexibility index (Phi) is 4.53. The van der Waals surface area contributed by atoms with Crippen LogP contribution in [0.2, 0.25) is 0 Å². The van der Waals surface area contributed by atoms with Crippen molar-refractivity contribution in [3.63, 3.8) is 0 Å². The van der Waals surface area contributed by atoms with Crippen molar-refractivity contribution >= 4 is 11.6 Å². The number of nitrogens with one attached hydrogen (secondary N) is 1. The number of aromatic nitrogens is 1. The van der Waals surface area contributed by atoms with E-state index in [1.807, 2.05) is 0 Å². The second-order valence-corrected chi connectivity index (χ2v) is 4.14. The Morgan fingerprint density at radius 3 is 2.75 bits per heavy atom. The third-order valence-electron chi connectivity index (χ3n) is 2.46. The van der Waals surface area contributed by atoms with Crippen LogP contribution in [0.1, 0.15) is 28.2 Å². The van der Waals surface area contributed by atoms with E-state index in [-0.39, 0.29) is 18.3 Å². The lowest BCUT2D eigenvalue weighted by atomic mass is 10.2.